The molecule has 0 bridgehead atoms. The van der Waals surface area contributed by atoms with E-state index >= 15 is 0 Å². The lowest BCUT2D eigenvalue weighted by Gasteiger charge is -2.17. The summed E-state index contributed by atoms with van der Waals surface area (Å²) in [6.07, 6.45) is 6.22. The zero-order chi connectivity index (χ0) is 10.4. The molecule has 1 rings (SSSR count). The van der Waals surface area contributed by atoms with Crippen molar-refractivity contribution in [2.24, 2.45) is 0 Å². The van der Waals surface area contributed by atoms with Crippen molar-refractivity contribution in [2.45, 2.75) is 52.1 Å². The quantitative estimate of drug-likeness (QED) is 0.658. The number of allylic oxidation sites excluding steroid dienone is 1. The number of nitrogens with one attached hydrogen (secondary N) is 2. The third-order valence-corrected chi connectivity index (χ3v) is 2.78. The van der Waals surface area contributed by atoms with Crippen molar-refractivity contribution in [3.63, 3.8) is 0 Å². The molecule has 2 heteroatoms. The van der Waals surface area contributed by atoms with Gasteiger partial charge in [0.1, 0.15) is 0 Å². The predicted molar refractivity (Wildman–Crippen MR) is 62.5 cm³/mol. The lowest BCUT2D eigenvalue weighted by Crippen LogP contribution is -2.33. The molecule has 0 saturated carbocycles. The van der Waals surface area contributed by atoms with Gasteiger partial charge in [0.05, 0.1) is 0 Å². The third-order valence-electron chi connectivity index (χ3n) is 2.78. The van der Waals surface area contributed by atoms with Crippen LogP contribution in [0.25, 0.3) is 0 Å². The van der Waals surface area contributed by atoms with Gasteiger partial charge in [0.2, 0.25) is 0 Å². The number of rotatable bonds is 5. The molecule has 0 aromatic rings. The van der Waals surface area contributed by atoms with Gasteiger partial charge in [-0.25, -0.2) is 0 Å². The summed E-state index contributed by atoms with van der Waals surface area (Å²) in [4.78, 5) is 0. The van der Waals surface area contributed by atoms with Crippen LogP contribution >= 0.6 is 0 Å². The minimum atomic E-state index is 0.626. The summed E-state index contributed by atoms with van der Waals surface area (Å²) in [7, 11) is 0. The van der Waals surface area contributed by atoms with Crippen LogP contribution in [0.4, 0.5) is 0 Å². The Bertz CT molecular complexity index is 177. The minimum absolute atomic E-state index is 0.626. The Morgan fingerprint density at radius 1 is 1.57 bits per heavy atom. The zero-order valence-corrected chi connectivity index (χ0v) is 9.77. The van der Waals surface area contributed by atoms with Gasteiger partial charge >= 0.3 is 0 Å². The van der Waals surface area contributed by atoms with E-state index in [0.29, 0.717) is 6.04 Å². The Morgan fingerprint density at radius 2 is 2.36 bits per heavy atom. The molecule has 0 aromatic carbocycles. The van der Waals surface area contributed by atoms with E-state index in [-0.39, 0.29) is 0 Å². The van der Waals surface area contributed by atoms with Gasteiger partial charge in [-0.3, -0.25) is 0 Å². The molecule has 1 aliphatic heterocycles. The fourth-order valence-electron chi connectivity index (χ4n) is 1.93. The monoisotopic (exact) mass is 196 g/mol. The maximum atomic E-state index is 3.53. The largest absolute Gasteiger partial charge is 0.314 e. The average molecular weight is 196 g/mol. The SMILES string of the molecule is CC(C)=CCNC(C)CC1CCCN1. The van der Waals surface area contributed by atoms with Crippen LogP contribution in [-0.2, 0) is 0 Å². The van der Waals surface area contributed by atoms with Gasteiger partial charge in [-0.15, -0.1) is 0 Å². The van der Waals surface area contributed by atoms with E-state index in [0.717, 1.165) is 12.6 Å². The molecule has 0 aromatic heterocycles. The second-order valence-corrected chi connectivity index (χ2v) is 4.62. The van der Waals surface area contributed by atoms with Crippen molar-refractivity contribution in [1.82, 2.24) is 10.6 Å². The molecular formula is C12H24N2. The van der Waals surface area contributed by atoms with Crippen LogP contribution in [0.15, 0.2) is 11.6 Å². The molecule has 0 aliphatic carbocycles. The van der Waals surface area contributed by atoms with Crippen molar-refractivity contribution < 1.29 is 0 Å². The van der Waals surface area contributed by atoms with Crippen LogP contribution in [0.5, 0.6) is 0 Å². The second kappa shape index (κ2) is 6.20. The van der Waals surface area contributed by atoms with Crippen molar-refractivity contribution in [1.29, 1.82) is 0 Å². The molecule has 0 amide bonds. The Balaban J connectivity index is 2.09. The summed E-state index contributed by atoms with van der Waals surface area (Å²) in [5.41, 5.74) is 1.39. The highest BCUT2D eigenvalue weighted by Crippen LogP contribution is 2.10. The molecule has 1 aliphatic rings. The molecule has 14 heavy (non-hydrogen) atoms. The van der Waals surface area contributed by atoms with Crippen molar-refractivity contribution in [3.8, 4) is 0 Å². The van der Waals surface area contributed by atoms with Crippen molar-refractivity contribution in [2.75, 3.05) is 13.1 Å². The first kappa shape index (κ1) is 11.7. The summed E-state index contributed by atoms with van der Waals surface area (Å²) in [5, 5.41) is 7.06. The first-order valence-electron chi connectivity index (χ1n) is 5.78. The van der Waals surface area contributed by atoms with Crippen molar-refractivity contribution >= 4 is 0 Å². The first-order valence-corrected chi connectivity index (χ1v) is 5.78. The van der Waals surface area contributed by atoms with Crippen molar-refractivity contribution in [3.05, 3.63) is 11.6 Å². The van der Waals surface area contributed by atoms with E-state index in [2.05, 4.69) is 37.5 Å². The van der Waals surface area contributed by atoms with E-state index < -0.39 is 0 Å². The van der Waals surface area contributed by atoms with Crippen LogP contribution in [0.2, 0.25) is 0 Å². The first-order chi connectivity index (χ1) is 6.68. The van der Waals surface area contributed by atoms with Crippen LogP contribution in [0.1, 0.15) is 40.0 Å². The van der Waals surface area contributed by atoms with E-state index in [4.69, 9.17) is 0 Å². The van der Waals surface area contributed by atoms with Crippen LogP contribution in [-0.4, -0.2) is 25.2 Å². The Hall–Kier alpha value is -0.340. The molecule has 82 valence electrons. The molecule has 2 nitrogen and oxygen atoms in total. The predicted octanol–water partition coefficient (Wildman–Crippen LogP) is 2.07. The van der Waals surface area contributed by atoms with Gasteiger partial charge in [0, 0.05) is 18.6 Å². The maximum Gasteiger partial charge on any atom is 0.0139 e. The average Bonchev–Trinajstić information content (AvgIpc) is 2.56. The van der Waals surface area contributed by atoms with Gasteiger partial charge in [-0.2, -0.15) is 0 Å². The van der Waals surface area contributed by atoms with Crippen LogP contribution in [0, 0.1) is 0 Å². The molecule has 1 fully saturated rings. The summed E-state index contributed by atoms with van der Waals surface area (Å²) in [6, 6.07) is 1.38. The number of hydrogen-bond acceptors (Lipinski definition) is 2. The molecule has 0 spiro atoms. The van der Waals surface area contributed by atoms with E-state index in [1.165, 1.54) is 31.4 Å². The fourth-order valence-corrected chi connectivity index (χ4v) is 1.93. The Kier molecular flexibility index (Phi) is 5.20. The highest BCUT2D eigenvalue weighted by atomic mass is 15.0. The van der Waals surface area contributed by atoms with E-state index in [1.54, 1.807) is 0 Å². The molecule has 2 atom stereocenters. The maximum absolute atomic E-state index is 3.53. The molecular weight excluding hydrogens is 172 g/mol. The minimum Gasteiger partial charge on any atom is -0.314 e. The van der Waals surface area contributed by atoms with Crippen LogP contribution < -0.4 is 10.6 Å². The lowest BCUT2D eigenvalue weighted by atomic mass is 10.1. The second-order valence-electron chi connectivity index (χ2n) is 4.62. The van der Waals surface area contributed by atoms with E-state index in [1.807, 2.05) is 0 Å². The molecule has 1 heterocycles. The summed E-state index contributed by atoms with van der Waals surface area (Å²) < 4.78 is 0. The highest BCUT2D eigenvalue weighted by molar-refractivity contribution is 4.94. The van der Waals surface area contributed by atoms with Gasteiger partial charge in [-0.05, 0) is 46.6 Å². The van der Waals surface area contributed by atoms with Gasteiger partial charge < -0.3 is 10.6 Å². The zero-order valence-electron chi connectivity index (χ0n) is 9.77. The van der Waals surface area contributed by atoms with Gasteiger partial charge in [0.25, 0.3) is 0 Å². The lowest BCUT2D eigenvalue weighted by molar-refractivity contribution is 0.454. The molecule has 2 unspecified atom stereocenters. The Labute approximate surface area is 88.2 Å². The third kappa shape index (κ3) is 4.77. The number of hydrogen-bond donors (Lipinski definition) is 2. The standard InChI is InChI=1S/C12H24N2/c1-10(2)6-8-13-11(3)9-12-5-4-7-14-12/h6,11-14H,4-5,7-9H2,1-3H3. The van der Waals surface area contributed by atoms with Gasteiger partial charge in [-0.1, -0.05) is 11.6 Å². The van der Waals surface area contributed by atoms with E-state index in [9.17, 15) is 0 Å². The Morgan fingerprint density at radius 3 is 2.93 bits per heavy atom. The highest BCUT2D eigenvalue weighted by Gasteiger charge is 2.16. The summed E-state index contributed by atoms with van der Waals surface area (Å²) in [5.74, 6) is 0. The smallest absolute Gasteiger partial charge is 0.0139 e. The van der Waals surface area contributed by atoms with Crippen LogP contribution in [0.3, 0.4) is 0 Å². The normalized spacial score (nSPS) is 23.5. The fraction of sp³-hybridized carbons (Fsp3) is 0.833. The topological polar surface area (TPSA) is 24.1 Å². The van der Waals surface area contributed by atoms with Gasteiger partial charge in [0.15, 0.2) is 0 Å². The summed E-state index contributed by atoms with van der Waals surface area (Å²) in [6.45, 7) is 8.79. The summed E-state index contributed by atoms with van der Waals surface area (Å²) >= 11 is 0. The molecule has 1 saturated heterocycles. The molecule has 0 radical (unpaired) electrons. The molecule has 2 N–H and O–H groups in total.